The molecule has 128 valence electrons. The summed E-state index contributed by atoms with van der Waals surface area (Å²) in [6.45, 7) is 1.41. The van der Waals surface area contributed by atoms with E-state index in [1.54, 1.807) is 24.3 Å². The van der Waals surface area contributed by atoms with Crippen LogP contribution in [0.25, 0.3) is 0 Å². The van der Waals surface area contributed by atoms with E-state index in [1.807, 2.05) is 22.6 Å². The van der Waals surface area contributed by atoms with Gasteiger partial charge in [0.2, 0.25) is 5.24 Å². The van der Waals surface area contributed by atoms with Crippen molar-refractivity contribution in [3.8, 4) is 0 Å². The molecular formula is C15H11Cl3INO3S. The van der Waals surface area contributed by atoms with Gasteiger partial charge in [0, 0.05) is 8.59 Å². The third-order valence-corrected chi connectivity index (χ3v) is 6.78. The van der Waals surface area contributed by atoms with Crippen LogP contribution in [0.1, 0.15) is 6.92 Å². The maximum Gasteiger partial charge on any atom is 0.266 e. The topological polar surface area (TPSA) is 54.5 Å². The van der Waals surface area contributed by atoms with Crippen molar-refractivity contribution in [3.05, 3.63) is 56.1 Å². The zero-order valence-corrected chi connectivity index (χ0v) is 17.5. The Balaban J connectivity index is 2.70. The van der Waals surface area contributed by atoms with E-state index in [1.165, 1.54) is 25.1 Å². The molecule has 4 nitrogen and oxygen atoms in total. The van der Waals surface area contributed by atoms with E-state index >= 15 is 0 Å². The van der Waals surface area contributed by atoms with Crippen molar-refractivity contribution in [3.63, 3.8) is 0 Å². The fourth-order valence-electron chi connectivity index (χ4n) is 2.06. The number of nitrogens with zero attached hydrogens (tertiary/aromatic N) is 1. The van der Waals surface area contributed by atoms with E-state index in [0.717, 1.165) is 7.88 Å². The highest BCUT2D eigenvalue weighted by Gasteiger charge is 2.34. The number of carbonyl (C=O) groups is 1. The number of rotatable bonds is 5. The monoisotopic (exact) mass is 517 g/mol. The molecule has 2 aromatic carbocycles. The third kappa shape index (κ3) is 4.16. The third-order valence-electron chi connectivity index (χ3n) is 3.17. The van der Waals surface area contributed by atoms with Crippen molar-refractivity contribution in [1.29, 1.82) is 0 Å². The van der Waals surface area contributed by atoms with Crippen LogP contribution in [0, 0.1) is 3.57 Å². The van der Waals surface area contributed by atoms with Gasteiger partial charge in [-0.1, -0.05) is 29.3 Å². The number of sulfonamides is 1. The van der Waals surface area contributed by atoms with Crippen LogP contribution in [0.15, 0.2) is 47.4 Å². The molecule has 0 aromatic heterocycles. The highest BCUT2D eigenvalue weighted by atomic mass is 127. The average molecular weight is 519 g/mol. The summed E-state index contributed by atoms with van der Waals surface area (Å²) in [6.07, 6.45) is 0. The fraction of sp³-hybridized carbons (Fsp3) is 0.133. The van der Waals surface area contributed by atoms with Gasteiger partial charge in [-0.3, -0.25) is 9.10 Å². The second-order valence-corrected chi connectivity index (χ2v) is 9.08. The number of carbonyl (C=O) groups excluding carboxylic acids is 1. The molecule has 2 rings (SSSR count). The van der Waals surface area contributed by atoms with Gasteiger partial charge in [0.15, 0.2) is 0 Å². The summed E-state index contributed by atoms with van der Waals surface area (Å²) in [7, 11) is -4.16. The number of hydrogen-bond donors (Lipinski definition) is 0. The summed E-state index contributed by atoms with van der Waals surface area (Å²) in [6, 6.07) is 9.68. The zero-order chi connectivity index (χ0) is 18.1. The Morgan fingerprint density at radius 2 is 1.83 bits per heavy atom. The van der Waals surface area contributed by atoms with Crippen molar-refractivity contribution in [2.45, 2.75) is 17.9 Å². The first kappa shape index (κ1) is 19.8. The summed E-state index contributed by atoms with van der Waals surface area (Å²) >= 11 is 19.6. The lowest BCUT2D eigenvalue weighted by molar-refractivity contribution is -0.112. The van der Waals surface area contributed by atoms with Crippen molar-refractivity contribution in [2.24, 2.45) is 0 Å². The van der Waals surface area contributed by atoms with Gasteiger partial charge in [0.1, 0.15) is 10.9 Å². The minimum Gasteiger partial charge on any atom is -0.279 e. The molecular weight excluding hydrogens is 507 g/mol. The second kappa shape index (κ2) is 7.78. The summed E-state index contributed by atoms with van der Waals surface area (Å²) in [5, 5.41) is -0.592. The lowest BCUT2D eigenvalue weighted by Gasteiger charge is -2.28. The smallest absolute Gasteiger partial charge is 0.266 e. The molecule has 2 aromatic rings. The normalized spacial score (nSPS) is 12.7. The van der Waals surface area contributed by atoms with Gasteiger partial charge in [-0.25, -0.2) is 8.42 Å². The predicted octanol–water partition coefficient (Wildman–Crippen LogP) is 4.95. The molecule has 0 saturated carbocycles. The SMILES string of the molecule is CC(C(=O)Cl)N(c1cccc(I)c1)S(=O)(=O)c1cc(Cl)ccc1Cl. The van der Waals surface area contributed by atoms with Crippen molar-refractivity contribution in [2.75, 3.05) is 4.31 Å². The number of halogens is 4. The van der Waals surface area contributed by atoms with E-state index in [9.17, 15) is 13.2 Å². The van der Waals surface area contributed by atoms with Gasteiger partial charge < -0.3 is 0 Å². The molecule has 0 bridgehead atoms. The lowest BCUT2D eigenvalue weighted by atomic mass is 10.3. The molecule has 0 amide bonds. The van der Waals surface area contributed by atoms with Crippen LogP contribution in [0.4, 0.5) is 5.69 Å². The number of hydrogen-bond acceptors (Lipinski definition) is 3. The Bertz CT molecular complexity index is 889. The van der Waals surface area contributed by atoms with Gasteiger partial charge in [0.05, 0.1) is 10.7 Å². The molecule has 0 saturated heterocycles. The van der Waals surface area contributed by atoms with Crippen molar-refractivity contribution < 1.29 is 13.2 Å². The largest absolute Gasteiger partial charge is 0.279 e. The molecule has 0 N–H and O–H groups in total. The Kier molecular flexibility index (Phi) is 6.41. The van der Waals surface area contributed by atoms with Gasteiger partial charge >= 0.3 is 0 Å². The molecule has 9 heteroatoms. The van der Waals surface area contributed by atoms with Crippen molar-refractivity contribution in [1.82, 2.24) is 0 Å². The average Bonchev–Trinajstić information content (AvgIpc) is 2.49. The van der Waals surface area contributed by atoms with Crippen LogP contribution in [-0.2, 0) is 14.8 Å². The molecule has 0 aliphatic heterocycles. The minimum absolute atomic E-state index is 0.00393. The highest BCUT2D eigenvalue weighted by Crippen LogP contribution is 2.33. The predicted molar refractivity (Wildman–Crippen MR) is 106 cm³/mol. The second-order valence-electron chi connectivity index (χ2n) is 4.84. The van der Waals surface area contributed by atoms with Gasteiger partial charge in [-0.05, 0) is 77.5 Å². The molecule has 1 unspecified atom stereocenters. The van der Waals surface area contributed by atoms with E-state index < -0.39 is 21.3 Å². The molecule has 0 aliphatic rings. The van der Waals surface area contributed by atoms with Gasteiger partial charge in [0.25, 0.3) is 10.0 Å². The minimum atomic E-state index is -4.16. The lowest BCUT2D eigenvalue weighted by Crippen LogP contribution is -2.42. The molecule has 0 heterocycles. The zero-order valence-electron chi connectivity index (χ0n) is 12.2. The van der Waals surface area contributed by atoms with Crippen molar-refractivity contribution >= 4 is 78.3 Å². The summed E-state index contributed by atoms with van der Waals surface area (Å²) in [5.74, 6) is 0. The van der Waals surface area contributed by atoms with Crippen LogP contribution in [-0.4, -0.2) is 19.7 Å². The van der Waals surface area contributed by atoms with Crippen LogP contribution in [0.2, 0.25) is 10.0 Å². The van der Waals surface area contributed by atoms with Crippen LogP contribution in [0.3, 0.4) is 0 Å². The summed E-state index contributed by atoms with van der Waals surface area (Å²) < 4.78 is 28.0. The number of anilines is 1. The quantitative estimate of drug-likeness (QED) is 0.416. The molecule has 0 radical (unpaired) electrons. The van der Waals surface area contributed by atoms with Crippen LogP contribution < -0.4 is 4.31 Å². The Labute approximate surface area is 168 Å². The standard InChI is InChI=1S/C15H11Cl3INO3S/c1-9(15(18)21)20(12-4-2-3-11(19)8-12)24(22,23)14-7-10(16)5-6-13(14)17/h2-9H,1H3. The number of benzene rings is 2. The van der Waals surface area contributed by atoms with Crippen LogP contribution in [0.5, 0.6) is 0 Å². The summed E-state index contributed by atoms with van der Waals surface area (Å²) in [5.41, 5.74) is 0.305. The molecule has 24 heavy (non-hydrogen) atoms. The Morgan fingerprint density at radius 1 is 1.17 bits per heavy atom. The highest BCUT2D eigenvalue weighted by molar-refractivity contribution is 14.1. The van der Waals surface area contributed by atoms with Crippen LogP contribution >= 0.6 is 57.4 Å². The van der Waals surface area contributed by atoms with E-state index in [-0.39, 0.29) is 14.9 Å². The molecule has 0 spiro atoms. The maximum absolute atomic E-state index is 13.1. The van der Waals surface area contributed by atoms with E-state index in [2.05, 4.69) is 0 Å². The summed E-state index contributed by atoms with van der Waals surface area (Å²) in [4.78, 5) is 11.5. The van der Waals surface area contributed by atoms with Gasteiger partial charge in [-0.2, -0.15) is 0 Å². The maximum atomic E-state index is 13.1. The Morgan fingerprint density at radius 3 is 2.42 bits per heavy atom. The first-order valence-electron chi connectivity index (χ1n) is 6.59. The van der Waals surface area contributed by atoms with E-state index in [4.69, 9.17) is 34.8 Å². The molecule has 0 fully saturated rings. The first-order chi connectivity index (χ1) is 11.1. The Hall–Kier alpha value is -0.540. The fourth-order valence-corrected chi connectivity index (χ4v) is 5.09. The molecule has 1 atom stereocenters. The van der Waals surface area contributed by atoms with E-state index in [0.29, 0.717) is 5.69 Å². The molecule has 0 aliphatic carbocycles. The first-order valence-corrected chi connectivity index (χ1v) is 10.2. The van der Waals surface area contributed by atoms with Gasteiger partial charge in [-0.15, -0.1) is 0 Å².